The van der Waals surface area contributed by atoms with Gasteiger partial charge in [0.05, 0.1) is 17.9 Å². The number of hydrogen-bond acceptors (Lipinski definition) is 6. The number of nitrogens with one attached hydrogen (secondary N) is 2. The summed E-state index contributed by atoms with van der Waals surface area (Å²) in [6.45, 7) is 8.14. The van der Waals surface area contributed by atoms with Gasteiger partial charge >= 0.3 is 5.97 Å². The molecule has 0 saturated heterocycles. The largest absolute Gasteiger partial charge is 0.462 e. The van der Waals surface area contributed by atoms with Crippen molar-refractivity contribution in [2.24, 2.45) is 0 Å². The molecular formula is C22H24N4O2. The summed E-state index contributed by atoms with van der Waals surface area (Å²) in [5, 5.41) is 6.50. The summed E-state index contributed by atoms with van der Waals surface area (Å²) < 4.78 is 5.13. The van der Waals surface area contributed by atoms with Crippen LogP contribution < -0.4 is 10.6 Å². The summed E-state index contributed by atoms with van der Waals surface area (Å²) in [5.41, 5.74) is 5.22. The van der Waals surface area contributed by atoms with Crippen molar-refractivity contribution in [3.63, 3.8) is 0 Å². The molecule has 0 fully saturated rings. The number of aromatic nitrogens is 2. The molecule has 0 aliphatic carbocycles. The lowest BCUT2D eigenvalue weighted by molar-refractivity contribution is 0.0527. The fourth-order valence-electron chi connectivity index (χ4n) is 2.81. The molecule has 144 valence electrons. The van der Waals surface area contributed by atoms with E-state index in [1.165, 1.54) is 11.1 Å². The summed E-state index contributed by atoms with van der Waals surface area (Å²) in [6, 6.07) is 15.1. The standard InChI is InChI=1S/C22H24N4O2/c1-5-28-21(27)17-10-6-7-11-19(17)25-22-23-15(3)13-20(26-22)24-18-12-8-9-14(2)16(18)4/h6-13H,5H2,1-4H3,(H2,23,24,25,26). The van der Waals surface area contributed by atoms with Crippen molar-refractivity contribution in [2.75, 3.05) is 17.2 Å². The molecule has 6 nitrogen and oxygen atoms in total. The highest BCUT2D eigenvalue weighted by Crippen LogP contribution is 2.24. The van der Waals surface area contributed by atoms with Crippen molar-refractivity contribution < 1.29 is 9.53 Å². The van der Waals surface area contributed by atoms with Crippen LogP contribution in [-0.2, 0) is 4.74 Å². The van der Waals surface area contributed by atoms with Gasteiger partial charge in [-0.15, -0.1) is 0 Å². The van der Waals surface area contributed by atoms with E-state index in [4.69, 9.17) is 4.74 Å². The molecule has 6 heteroatoms. The van der Waals surface area contributed by atoms with Crippen molar-refractivity contribution in [3.05, 3.63) is 70.9 Å². The zero-order valence-corrected chi connectivity index (χ0v) is 16.5. The maximum Gasteiger partial charge on any atom is 0.340 e. The van der Waals surface area contributed by atoms with E-state index in [1.54, 1.807) is 25.1 Å². The molecule has 1 aromatic heterocycles. The first-order chi connectivity index (χ1) is 13.5. The van der Waals surface area contributed by atoms with Crippen LogP contribution in [0.25, 0.3) is 0 Å². The summed E-state index contributed by atoms with van der Waals surface area (Å²) in [5.74, 6) is 0.703. The monoisotopic (exact) mass is 376 g/mol. The first-order valence-electron chi connectivity index (χ1n) is 9.20. The fraction of sp³-hybridized carbons (Fsp3) is 0.227. The van der Waals surface area contributed by atoms with Gasteiger partial charge < -0.3 is 15.4 Å². The lowest BCUT2D eigenvalue weighted by Crippen LogP contribution is -2.09. The number of para-hydroxylation sites is 1. The van der Waals surface area contributed by atoms with Crippen LogP contribution >= 0.6 is 0 Å². The number of nitrogens with zero attached hydrogens (tertiary/aromatic N) is 2. The molecule has 3 rings (SSSR count). The summed E-state index contributed by atoms with van der Waals surface area (Å²) in [4.78, 5) is 21.2. The minimum atomic E-state index is -0.382. The molecule has 0 spiro atoms. The van der Waals surface area contributed by atoms with Crippen molar-refractivity contribution in [1.82, 2.24) is 9.97 Å². The number of rotatable bonds is 6. The van der Waals surface area contributed by atoms with E-state index in [9.17, 15) is 4.79 Å². The van der Waals surface area contributed by atoms with Gasteiger partial charge in [-0.3, -0.25) is 0 Å². The van der Waals surface area contributed by atoms with Gasteiger partial charge in [0, 0.05) is 17.4 Å². The van der Waals surface area contributed by atoms with Gasteiger partial charge in [0.15, 0.2) is 0 Å². The van der Waals surface area contributed by atoms with Gasteiger partial charge in [-0.2, -0.15) is 4.98 Å². The van der Waals surface area contributed by atoms with Crippen LogP contribution in [0, 0.1) is 20.8 Å². The third-order valence-corrected chi connectivity index (χ3v) is 4.39. The number of ether oxygens (including phenoxy) is 1. The number of carbonyl (C=O) groups excluding carboxylic acids is 1. The molecule has 0 radical (unpaired) electrons. The predicted molar refractivity (Wildman–Crippen MR) is 112 cm³/mol. The Labute approximate surface area is 165 Å². The number of aryl methyl sites for hydroxylation is 2. The van der Waals surface area contributed by atoms with Gasteiger partial charge in [-0.05, 0) is 57.0 Å². The molecule has 3 aromatic rings. The maximum atomic E-state index is 12.2. The van der Waals surface area contributed by atoms with Crippen LogP contribution in [0.5, 0.6) is 0 Å². The lowest BCUT2D eigenvalue weighted by atomic mass is 10.1. The zero-order valence-electron chi connectivity index (χ0n) is 16.5. The molecule has 0 aliphatic rings. The Balaban J connectivity index is 1.89. The molecule has 1 heterocycles. The van der Waals surface area contributed by atoms with E-state index in [0.29, 0.717) is 29.6 Å². The van der Waals surface area contributed by atoms with Crippen molar-refractivity contribution in [1.29, 1.82) is 0 Å². The molecule has 0 saturated carbocycles. The molecule has 28 heavy (non-hydrogen) atoms. The van der Waals surface area contributed by atoms with Gasteiger partial charge in [-0.25, -0.2) is 9.78 Å². The molecule has 0 aliphatic heterocycles. The van der Waals surface area contributed by atoms with Gasteiger partial charge in [0.2, 0.25) is 5.95 Å². The SMILES string of the molecule is CCOC(=O)c1ccccc1Nc1nc(C)cc(Nc2cccc(C)c2C)n1. The van der Waals surface area contributed by atoms with Crippen molar-refractivity contribution >= 4 is 29.1 Å². The minimum absolute atomic E-state index is 0.317. The van der Waals surface area contributed by atoms with Crippen LogP contribution in [0.1, 0.15) is 34.1 Å². The third-order valence-electron chi connectivity index (χ3n) is 4.39. The highest BCUT2D eigenvalue weighted by Gasteiger charge is 2.13. The van der Waals surface area contributed by atoms with Crippen LogP contribution in [0.3, 0.4) is 0 Å². The molecule has 2 aromatic carbocycles. The molecule has 0 bridgehead atoms. The van der Waals surface area contributed by atoms with Crippen molar-refractivity contribution in [3.8, 4) is 0 Å². The highest BCUT2D eigenvalue weighted by molar-refractivity contribution is 5.96. The summed E-state index contributed by atoms with van der Waals surface area (Å²) in [7, 11) is 0. The topological polar surface area (TPSA) is 76.1 Å². The van der Waals surface area contributed by atoms with Crippen LogP contribution in [0.4, 0.5) is 23.1 Å². The first-order valence-corrected chi connectivity index (χ1v) is 9.20. The van der Waals surface area contributed by atoms with Crippen molar-refractivity contribution in [2.45, 2.75) is 27.7 Å². The Hall–Kier alpha value is -3.41. The van der Waals surface area contributed by atoms with Gasteiger partial charge in [0.25, 0.3) is 0 Å². The van der Waals surface area contributed by atoms with E-state index in [1.807, 2.05) is 31.2 Å². The number of benzene rings is 2. The Bertz CT molecular complexity index is 1000. The molecule has 2 N–H and O–H groups in total. The predicted octanol–water partition coefficient (Wildman–Crippen LogP) is 5.07. The number of esters is 1. The molecular weight excluding hydrogens is 352 g/mol. The summed E-state index contributed by atoms with van der Waals surface area (Å²) >= 11 is 0. The Morgan fingerprint density at radius 1 is 0.964 bits per heavy atom. The van der Waals surface area contributed by atoms with Gasteiger partial charge in [0.1, 0.15) is 5.82 Å². The smallest absolute Gasteiger partial charge is 0.340 e. The Morgan fingerprint density at radius 2 is 1.71 bits per heavy atom. The molecule has 0 atom stereocenters. The second-order valence-corrected chi connectivity index (χ2v) is 6.48. The molecule has 0 amide bonds. The third kappa shape index (κ3) is 4.46. The van der Waals surface area contributed by atoms with Crippen LogP contribution in [0.2, 0.25) is 0 Å². The van der Waals surface area contributed by atoms with Crippen LogP contribution in [0.15, 0.2) is 48.5 Å². The van der Waals surface area contributed by atoms with E-state index >= 15 is 0 Å². The van der Waals surface area contributed by atoms with E-state index in [0.717, 1.165) is 11.4 Å². The zero-order chi connectivity index (χ0) is 20.1. The van der Waals surface area contributed by atoms with Gasteiger partial charge in [-0.1, -0.05) is 24.3 Å². The second-order valence-electron chi connectivity index (χ2n) is 6.48. The first kappa shape index (κ1) is 19.4. The maximum absolute atomic E-state index is 12.2. The number of anilines is 4. The normalized spacial score (nSPS) is 10.4. The minimum Gasteiger partial charge on any atom is -0.462 e. The average Bonchev–Trinajstić information content (AvgIpc) is 2.66. The quantitative estimate of drug-likeness (QED) is 0.585. The highest BCUT2D eigenvalue weighted by atomic mass is 16.5. The van der Waals surface area contributed by atoms with E-state index in [2.05, 4.69) is 40.5 Å². The number of carbonyl (C=O) groups is 1. The van der Waals surface area contributed by atoms with E-state index in [-0.39, 0.29) is 5.97 Å². The summed E-state index contributed by atoms with van der Waals surface area (Å²) in [6.07, 6.45) is 0. The number of hydrogen-bond donors (Lipinski definition) is 2. The Morgan fingerprint density at radius 3 is 2.50 bits per heavy atom. The Kier molecular flexibility index (Phi) is 5.89. The van der Waals surface area contributed by atoms with Crippen LogP contribution in [-0.4, -0.2) is 22.5 Å². The average molecular weight is 376 g/mol. The fourth-order valence-corrected chi connectivity index (χ4v) is 2.81. The molecule has 0 unspecified atom stereocenters. The van der Waals surface area contributed by atoms with E-state index < -0.39 is 0 Å². The lowest BCUT2D eigenvalue weighted by Gasteiger charge is -2.14. The second kappa shape index (κ2) is 8.52.